The Hall–Kier alpha value is -2.59. The summed E-state index contributed by atoms with van der Waals surface area (Å²) >= 11 is 3.64. The van der Waals surface area contributed by atoms with Gasteiger partial charge in [-0.05, 0) is 52.7 Å². The molecular formula is C21H18BrN3. The van der Waals surface area contributed by atoms with E-state index < -0.39 is 0 Å². The number of aromatic nitrogens is 2. The number of rotatable bonds is 4. The average Bonchev–Trinajstić information content (AvgIpc) is 2.97. The van der Waals surface area contributed by atoms with Crippen molar-refractivity contribution in [1.29, 1.82) is 0 Å². The Kier molecular flexibility index (Phi) is 4.28. The standard InChI is InChI=1S/C21H18BrN3/c1-14-20(16-8-2-4-10-18(16)24-14)21(15-7-6-12-23-13-15)25-19-11-5-3-9-17(19)22/h2-13,21,24-25H,1H3/t21-/m1/s1. The van der Waals surface area contributed by atoms with Crippen LogP contribution < -0.4 is 5.32 Å². The van der Waals surface area contributed by atoms with Crippen molar-refractivity contribution in [3.05, 3.63) is 94.4 Å². The number of pyridine rings is 1. The zero-order chi connectivity index (χ0) is 17.2. The summed E-state index contributed by atoms with van der Waals surface area (Å²) in [6.07, 6.45) is 3.73. The van der Waals surface area contributed by atoms with Crippen LogP contribution in [-0.4, -0.2) is 9.97 Å². The van der Waals surface area contributed by atoms with Crippen LogP contribution in [0.25, 0.3) is 10.9 Å². The number of benzene rings is 2. The van der Waals surface area contributed by atoms with Crippen molar-refractivity contribution in [1.82, 2.24) is 9.97 Å². The molecule has 0 unspecified atom stereocenters. The van der Waals surface area contributed by atoms with Gasteiger partial charge in [0.05, 0.1) is 6.04 Å². The lowest BCUT2D eigenvalue weighted by atomic mass is 9.97. The highest BCUT2D eigenvalue weighted by atomic mass is 79.9. The van der Waals surface area contributed by atoms with Gasteiger partial charge in [-0.2, -0.15) is 0 Å². The second kappa shape index (κ2) is 6.73. The Morgan fingerprint density at radius 1 is 1.00 bits per heavy atom. The number of nitrogens with one attached hydrogen (secondary N) is 2. The number of halogens is 1. The van der Waals surface area contributed by atoms with Crippen LogP contribution in [0.2, 0.25) is 0 Å². The molecule has 0 saturated heterocycles. The van der Waals surface area contributed by atoms with Crippen LogP contribution in [0.4, 0.5) is 5.69 Å². The zero-order valence-corrected chi connectivity index (χ0v) is 15.4. The van der Waals surface area contributed by atoms with Gasteiger partial charge in [0.2, 0.25) is 0 Å². The third kappa shape index (κ3) is 3.05. The number of hydrogen-bond donors (Lipinski definition) is 2. The highest BCUT2D eigenvalue weighted by Crippen LogP contribution is 2.35. The van der Waals surface area contributed by atoms with Crippen molar-refractivity contribution in [2.45, 2.75) is 13.0 Å². The number of fused-ring (bicyclic) bond motifs is 1. The largest absolute Gasteiger partial charge is 0.373 e. The number of nitrogens with zero attached hydrogens (tertiary/aromatic N) is 1. The summed E-state index contributed by atoms with van der Waals surface area (Å²) in [5, 5.41) is 4.92. The molecule has 0 fully saturated rings. The zero-order valence-electron chi connectivity index (χ0n) is 13.8. The van der Waals surface area contributed by atoms with E-state index in [1.807, 2.05) is 30.5 Å². The van der Waals surface area contributed by atoms with Gasteiger partial charge in [0, 0.05) is 44.7 Å². The molecule has 0 saturated carbocycles. The predicted octanol–water partition coefficient (Wildman–Crippen LogP) is 5.84. The SMILES string of the molecule is Cc1[nH]c2ccccc2c1[C@H](Nc1ccccc1Br)c1cccnc1. The van der Waals surface area contributed by atoms with Crippen LogP contribution in [0, 0.1) is 6.92 Å². The Bertz CT molecular complexity index is 1010. The minimum Gasteiger partial charge on any atom is -0.373 e. The fourth-order valence-corrected chi connectivity index (χ4v) is 3.67. The van der Waals surface area contributed by atoms with Crippen molar-refractivity contribution in [2.75, 3.05) is 5.32 Å². The molecule has 2 N–H and O–H groups in total. The first-order valence-corrected chi connectivity index (χ1v) is 9.01. The summed E-state index contributed by atoms with van der Waals surface area (Å²) in [5.41, 5.74) is 5.75. The van der Waals surface area contributed by atoms with Crippen LogP contribution in [0.1, 0.15) is 22.9 Å². The summed E-state index contributed by atoms with van der Waals surface area (Å²) in [7, 11) is 0. The van der Waals surface area contributed by atoms with Gasteiger partial charge in [-0.25, -0.2) is 0 Å². The lowest BCUT2D eigenvalue weighted by Gasteiger charge is -2.22. The van der Waals surface area contributed by atoms with Gasteiger partial charge < -0.3 is 10.3 Å². The minimum absolute atomic E-state index is 0.00329. The molecule has 0 spiro atoms. The van der Waals surface area contributed by atoms with Crippen molar-refractivity contribution in [3.63, 3.8) is 0 Å². The molecule has 0 aliphatic carbocycles. The smallest absolute Gasteiger partial charge is 0.0806 e. The molecule has 0 bridgehead atoms. The maximum absolute atomic E-state index is 4.33. The second-order valence-corrected chi connectivity index (χ2v) is 6.91. The second-order valence-electron chi connectivity index (χ2n) is 6.05. The Balaban J connectivity index is 1.88. The van der Waals surface area contributed by atoms with E-state index in [-0.39, 0.29) is 6.04 Å². The summed E-state index contributed by atoms with van der Waals surface area (Å²) in [4.78, 5) is 7.83. The molecule has 25 heavy (non-hydrogen) atoms. The third-order valence-corrected chi connectivity index (χ3v) is 5.12. The van der Waals surface area contributed by atoms with E-state index in [2.05, 4.69) is 74.5 Å². The van der Waals surface area contributed by atoms with Crippen LogP contribution in [0.3, 0.4) is 0 Å². The van der Waals surface area contributed by atoms with Gasteiger partial charge in [-0.1, -0.05) is 36.4 Å². The number of aromatic amines is 1. The van der Waals surface area contributed by atoms with Crippen molar-refractivity contribution >= 4 is 32.5 Å². The maximum Gasteiger partial charge on any atom is 0.0806 e. The van der Waals surface area contributed by atoms with Gasteiger partial charge in [0.1, 0.15) is 0 Å². The summed E-state index contributed by atoms with van der Waals surface area (Å²) in [5.74, 6) is 0. The number of anilines is 1. The quantitative estimate of drug-likeness (QED) is 0.458. The maximum atomic E-state index is 4.33. The third-order valence-electron chi connectivity index (χ3n) is 4.42. The van der Waals surface area contributed by atoms with Crippen molar-refractivity contribution in [2.24, 2.45) is 0 Å². The topological polar surface area (TPSA) is 40.7 Å². The molecule has 1 atom stereocenters. The highest BCUT2D eigenvalue weighted by molar-refractivity contribution is 9.10. The van der Waals surface area contributed by atoms with Gasteiger partial charge in [-0.3, -0.25) is 4.98 Å². The molecule has 0 amide bonds. The van der Waals surface area contributed by atoms with Gasteiger partial charge in [0.25, 0.3) is 0 Å². The van der Waals surface area contributed by atoms with E-state index in [1.54, 1.807) is 6.20 Å². The van der Waals surface area contributed by atoms with E-state index in [0.29, 0.717) is 0 Å². The van der Waals surface area contributed by atoms with E-state index in [9.17, 15) is 0 Å². The molecule has 4 heteroatoms. The predicted molar refractivity (Wildman–Crippen MR) is 107 cm³/mol. The number of para-hydroxylation sites is 2. The van der Waals surface area contributed by atoms with E-state index in [0.717, 1.165) is 26.9 Å². The summed E-state index contributed by atoms with van der Waals surface area (Å²) in [6.45, 7) is 2.13. The number of H-pyrrole nitrogens is 1. The molecule has 4 rings (SSSR count). The molecular weight excluding hydrogens is 374 g/mol. The molecule has 124 valence electrons. The molecule has 0 aliphatic rings. The molecule has 2 aromatic heterocycles. The van der Waals surface area contributed by atoms with E-state index >= 15 is 0 Å². The van der Waals surface area contributed by atoms with E-state index in [1.165, 1.54) is 10.9 Å². The molecule has 0 aliphatic heterocycles. The van der Waals surface area contributed by atoms with Gasteiger partial charge in [0.15, 0.2) is 0 Å². The Morgan fingerprint density at radius 3 is 2.60 bits per heavy atom. The molecule has 2 heterocycles. The van der Waals surface area contributed by atoms with Crippen LogP contribution in [0.15, 0.2) is 77.5 Å². The molecule has 3 nitrogen and oxygen atoms in total. The van der Waals surface area contributed by atoms with Gasteiger partial charge in [-0.15, -0.1) is 0 Å². The normalized spacial score (nSPS) is 12.2. The fourth-order valence-electron chi connectivity index (χ4n) is 3.27. The highest BCUT2D eigenvalue weighted by Gasteiger charge is 2.21. The van der Waals surface area contributed by atoms with E-state index in [4.69, 9.17) is 0 Å². The van der Waals surface area contributed by atoms with Crippen LogP contribution in [0.5, 0.6) is 0 Å². The molecule has 0 radical (unpaired) electrons. The van der Waals surface area contributed by atoms with Crippen molar-refractivity contribution < 1.29 is 0 Å². The lowest BCUT2D eigenvalue weighted by molar-refractivity contribution is 0.921. The first-order valence-electron chi connectivity index (χ1n) is 8.22. The summed E-state index contributed by atoms with van der Waals surface area (Å²) < 4.78 is 1.04. The molecule has 4 aromatic rings. The monoisotopic (exact) mass is 391 g/mol. The van der Waals surface area contributed by atoms with Crippen LogP contribution in [-0.2, 0) is 0 Å². The van der Waals surface area contributed by atoms with Gasteiger partial charge >= 0.3 is 0 Å². The number of aryl methyl sites for hydroxylation is 1. The Morgan fingerprint density at radius 2 is 1.80 bits per heavy atom. The first-order chi connectivity index (χ1) is 12.2. The minimum atomic E-state index is 0.00329. The van der Waals surface area contributed by atoms with Crippen molar-refractivity contribution in [3.8, 4) is 0 Å². The summed E-state index contributed by atoms with van der Waals surface area (Å²) in [6, 6.07) is 20.7. The fraction of sp³-hybridized carbons (Fsp3) is 0.0952. The number of hydrogen-bond acceptors (Lipinski definition) is 2. The molecule has 2 aromatic carbocycles. The Labute approximate surface area is 155 Å². The first kappa shape index (κ1) is 15.9. The average molecular weight is 392 g/mol. The van der Waals surface area contributed by atoms with Crippen LogP contribution >= 0.6 is 15.9 Å². The lowest BCUT2D eigenvalue weighted by Crippen LogP contribution is -2.13.